The number of nitrogens with one attached hydrogen (secondary N) is 2. The van der Waals surface area contributed by atoms with Crippen LogP contribution in [0.5, 0.6) is 0 Å². The lowest BCUT2D eigenvalue weighted by molar-refractivity contribution is -0.118. The number of benzene rings is 2. The third-order valence-corrected chi connectivity index (χ3v) is 5.41. The Balaban J connectivity index is 1.33. The number of para-hydroxylation sites is 1. The zero-order valence-electron chi connectivity index (χ0n) is 16.5. The minimum atomic E-state index is -0.303. The van der Waals surface area contributed by atoms with Gasteiger partial charge < -0.3 is 5.32 Å². The third-order valence-electron chi connectivity index (χ3n) is 5.41. The summed E-state index contributed by atoms with van der Waals surface area (Å²) >= 11 is 0. The summed E-state index contributed by atoms with van der Waals surface area (Å²) in [6.45, 7) is 4.44. The molecule has 2 amide bonds. The monoisotopic (exact) mass is 391 g/mol. The van der Waals surface area contributed by atoms with Crippen LogP contribution in [0.25, 0.3) is 0 Å². The third kappa shape index (κ3) is 4.30. The van der Waals surface area contributed by atoms with Crippen molar-refractivity contribution in [3.8, 4) is 0 Å². The van der Waals surface area contributed by atoms with Crippen LogP contribution >= 0.6 is 0 Å². The number of hydrogen-bond donors (Lipinski definition) is 2. The smallest absolute Gasteiger partial charge is 0.288 e. The van der Waals surface area contributed by atoms with Crippen molar-refractivity contribution in [2.24, 2.45) is 4.99 Å². The highest BCUT2D eigenvalue weighted by Crippen LogP contribution is 2.20. The maximum absolute atomic E-state index is 12.6. The first-order valence-corrected chi connectivity index (χ1v) is 9.90. The molecule has 7 nitrogen and oxygen atoms in total. The fourth-order valence-electron chi connectivity index (χ4n) is 3.68. The normalized spacial score (nSPS) is 17.8. The number of nitrogens with zero attached hydrogens (tertiary/aromatic N) is 3. The van der Waals surface area contributed by atoms with Crippen molar-refractivity contribution in [2.75, 3.05) is 24.6 Å². The Kier molecular flexibility index (Phi) is 5.57. The molecule has 1 atom stereocenters. The fraction of sp³-hybridized carbons (Fsp3) is 0.318. The lowest BCUT2D eigenvalue weighted by Gasteiger charge is -2.34. The standard InChI is InChI=1S/C22H25N5O2/c1-16(26-12-11-17-7-5-6-8-18(17)15-26)13-24-22(29)21-23-14-20(28)27(25-21)19-9-3-2-4-10-19/h2-10,16H,11-15H2,1H3,(H,23,25)(H,24,29)/t16-/m1/s1. The molecule has 0 spiro atoms. The molecule has 0 aromatic heterocycles. The van der Waals surface area contributed by atoms with Crippen LogP contribution in [0.3, 0.4) is 0 Å². The van der Waals surface area contributed by atoms with Crippen molar-refractivity contribution in [2.45, 2.75) is 25.9 Å². The Morgan fingerprint density at radius 2 is 1.86 bits per heavy atom. The van der Waals surface area contributed by atoms with Crippen LogP contribution in [0.15, 0.2) is 59.6 Å². The van der Waals surface area contributed by atoms with Crippen molar-refractivity contribution in [1.29, 1.82) is 0 Å². The van der Waals surface area contributed by atoms with E-state index in [1.807, 2.05) is 30.3 Å². The summed E-state index contributed by atoms with van der Waals surface area (Å²) in [5.74, 6) is -0.347. The molecule has 150 valence electrons. The average Bonchev–Trinajstić information content (AvgIpc) is 2.77. The number of hydrogen-bond acceptors (Lipinski definition) is 5. The molecule has 7 heteroatoms. The van der Waals surface area contributed by atoms with Gasteiger partial charge in [-0.2, -0.15) is 0 Å². The van der Waals surface area contributed by atoms with Gasteiger partial charge in [0.05, 0.1) is 5.69 Å². The zero-order chi connectivity index (χ0) is 20.2. The van der Waals surface area contributed by atoms with Gasteiger partial charge in [0.1, 0.15) is 6.54 Å². The van der Waals surface area contributed by atoms with Crippen LogP contribution < -0.4 is 15.8 Å². The number of carbonyl (C=O) groups is 2. The Morgan fingerprint density at radius 3 is 2.66 bits per heavy atom. The highest BCUT2D eigenvalue weighted by Gasteiger charge is 2.26. The van der Waals surface area contributed by atoms with Gasteiger partial charge in [0.25, 0.3) is 11.8 Å². The summed E-state index contributed by atoms with van der Waals surface area (Å²) in [5.41, 5.74) is 6.29. The summed E-state index contributed by atoms with van der Waals surface area (Å²) in [4.78, 5) is 31.2. The number of amides is 2. The van der Waals surface area contributed by atoms with E-state index in [2.05, 4.69) is 51.8 Å². The molecule has 0 saturated carbocycles. The molecule has 0 fully saturated rings. The fourth-order valence-corrected chi connectivity index (χ4v) is 3.68. The lowest BCUT2D eigenvalue weighted by atomic mass is 9.99. The summed E-state index contributed by atoms with van der Waals surface area (Å²) in [6.07, 6.45) is 1.02. The van der Waals surface area contributed by atoms with Gasteiger partial charge in [-0.25, -0.2) is 5.01 Å². The molecule has 2 heterocycles. The SMILES string of the molecule is C[C@H](CNC(=O)C1=NCC(=O)N(c2ccccc2)N1)N1CCc2ccccc2C1. The van der Waals surface area contributed by atoms with Crippen molar-refractivity contribution >= 4 is 23.3 Å². The molecule has 0 radical (unpaired) electrons. The summed E-state index contributed by atoms with van der Waals surface area (Å²) in [7, 11) is 0. The molecule has 0 aliphatic carbocycles. The largest absolute Gasteiger partial charge is 0.348 e. The highest BCUT2D eigenvalue weighted by atomic mass is 16.2. The first kappa shape index (κ1) is 19.1. The minimum absolute atomic E-state index is 0.0525. The molecular formula is C22H25N5O2. The number of hydrazine groups is 1. The van der Waals surface area contributed by atoms with Gasteiger partial charge in [0.15, 0.2) is 0 Å². The maximum atomic E-state index is 12.6. The Labute approximate surface area is 170 Å². The van der Waals surface area contributed by atoms with Gasteiger partial charge in [0.2, 0.25) is 5.84 Å². The quantitative estimate of drug-likeness (QED) is 0.810. The number of amidine groups is 1. The van der Waals surface area contributed by atoms with Crippen molar-refractivity contribution < 1.29 is 9.59 Å². The van der Waals surface area contributed by atoms with Gasteiger partial charge >= 0.3 is 0 Å². The molecule has 2 aromatic carbocycles. The second-order valence-corrected chi connectivity index (χ2v) is 7.39. The molecule has 0 unspecified atom stereocenters. The van der Waals surface area contributed by atoms with E-state index < -0.39 is 0 Å². The molecule has 2 aromatic rings. The van der Waals surface area contributed by atoms with Crippen LogP contribution in [0.1, 0.15) is 18.1 Å². The summed E-state index contributed by atoms with van der Waals surface area (Å²) in [5, 5.41) is 4.32. The zero-order valence-corrected chi connectivity index (χ0v) is 16.5. The number of rotatable bonds is 5. The number of aliphatic imine (C=N–C) groups is 1. The molecule has 4 rings (SSSR count). The van der Waals surface area contributed by atoms with Gasteiger partial charge in [-0.3, -0.25) is 24.9 Å². The van der Waals surface area contributed by atoms with E-state index in [0.29, 0.717) is 12.2 Å². The highest BCUT2D eigenvalue weighted by molar-refractivity contribution is 6.39. The van der Waals surface area contributed by atoms with Gasteiger partial charge in [-0.05, 0) is 36.6 Å². The molecule has 0 saturated heterocycles. The Hall–Kier alpha value is -3.19. The first-order valence-electron chi connectivity index (χ1n) is 9.90. The van der Waals surface area contributed by atoms with Crippen LogP contribution in [-0.4, -0.2) is 48.2 Å². The molecular weight excluding hydrogens is 366 g/mol. The molecule has 2 N–H and O–H groups in total. The van der Waals surface area contributed by atoms with Crippen LogP contribution in [0.4, 0.5) is 5.69 Å². The minimum Gasteiger partial charge on any atom is -0.348 e. The van der Waals surface area contributed by atoms with Crippen LogP contribution in [0.2, 0.25) is 0 Å². The van der Waals surface area contributed by atoms with E-state index in [4.69, 9.17) is 0 Å². The maximum Gasteiger partial charge on any atom is 0.288 e. The Bertz CT molecular complexity index is 928. The van der Waals surface area contributed by atoms with Crippen molar-refractivity contribution in [3.05, 3.63) is 65.7 Å². The number of anilines is 1. The summed E-state index contributed by atoms with van der Waals surface area (Å²) in [6, 6.07) is 17.9. The van der Waals surface area contributed by atoms with Crippen molar-refractivity contribution in [3.63, 3.8) is 0 Å². The topological polar surface area (TPSA) is 77.0 Å². The van der Waals surface area contributed by atoms with Gasteiger partial charge in [0, 0.05) is 25.7 Å². The Morgan fingerprint density at radius 1 is 1.14 bits per heavy atom. The lowest BCUT2D eigenvalue weighted by Crippen LogP contribution is -2.56. The predicted octanol–water partition coefficient (Wildman–Crippen LogP) is 1.50. The molecule has 0 bridgehead atoms. The van der Waals surface area contributed by atoms with Crippen LogP contribution in [0, 0.1) is 0 Å². The second kappa shape index (κ2) is 8.45. The van der Waals surface area contributed by atoms with E-state index in [0.717, 1.165) is 19.5 Å². The predicted molar refractivity (Wildman–Crippen MR) is 112 cm³/mol. The number of fused-ring (bicyclic) bond motifs is 1. The molecule has 29 heavy (non-hydrogen) atoms. The first-order chi connectivity index (χ1) is 14.1. The van der Waals surface area contributed by atoms with E-state index in [1.165, 1.54) is 16.1 Å². The summed E-state index contributed by atoms with van der Waals surface area (Å²) < 4.78 is 0. The average molecular weight is 391 g/mol. The van der Waals surface area contributed by atoms with E-state index in [-0.39, 0.29) is 30.2 Å². The van der Waals surface area contributed by atoms with Crippen LogP contribution in [-0.2, 0) is 22.6 Å². The van der Waals surface area contributed by atoms with E-state index in [1.54, 1.807) is 0 Å². The second-order valence-electron chi connectivity index (χ2n) is 7.39. The van der Waals surface area contributed by atoms with E-state index in [9.17, 15) is 9.59 Å². The molecule has 2 aliphatic heterocycles. The van der Waals surface area contributed by atoms with E-state index >= 15 is 0 Å². The molecule has 2 aliphatic rings. The van der Waals surface area contributed by atoms with Gasteiger partial charge in [-0.15, -0.1) is 0 Å². The number of carbonyl (C=O) groups excluding carboxylic acids is 2. The van der Waals surface area contributed by atoms with Gasteiger partial charge in [-0.1, -0.05) is 42.5 Å². The van der Waals surface area contributed by atoms with Crippen molar-refractivity contribution in [1.82, 2.24) is 15.6 Å².